The number of carbonyl (C=O) groups is 1. The van der Waals surface area contributed by atoms with Gasteiger partial charge in [0.25, 0.3) is 0 Å². The van der Waals surface area contributed by atoms with Gasteiger partial charge in [0, 0.05) is 5.25 Å². The van der Waals surface area contributed by atoms with Crippen molar-refractivity contribution < 1.29 is 9.90 Å². The van der Waals surface area contributed by atoms with E-state index in [1.807, 2.05) is 6.26 Å². The Kier molecular flexibility index (Phi) is 4.01. The van der Waals surface area contributed by atoms with Crippen LogP contribution in [0, 0.1) is 0 Å². The van der Waals surface area contributed by atoms with E-state index in [1.165, 1.54) is 23.3 Å². The second-order valence-electron chi connectivity index (χ2n) is 2.13. The number of nitrogens with zero attached hydrogens (tertiary/aromatic N) is 2. The lowest BCUT2D eigenvalue weighted by atomic mass is 10.5. The summed E-state index contributed by atoms with van der Waals surface area (Å²) >= 11 is 3.80. The van der Waals surface area contributed by atoms with Crippen LogP contribution in [0.5, 0.6) is 0 Å². The molecule has 0 amide bonds. The highest BCUT2D eigenvalue weighted by Crippen LogP contribution is 2.26. The molecule has 1 atom stereocenters. The number of hydrogen-bond donors (Lipinski definition) is 0. The Bertz CT molecular complexity index is 302. The number of aliphatic carboxylic acids is 1. The first-order valence-electron chi connectivity index (χ1n) is 3.38. The van der Waals surface area contributed by atoms with Crippen molar-refractivity contribution in [1.29, 1.82) is 0 Å². The molecule has 1 aromatic rings. The topological polar surface area (TPSA) is 65.9 Å². The van der Waals surface area contributed by atoms with E-state index < -0.39 is 11.2 Å². The molecule has 0 bridgehead atoms. The first kappa shape index (κ1) is 10.8. The van der Waals surface area contributed by atoms with Crippen molar-refractivity contribution in [3.05, 3.63) is 0 Å². The molecule has 0 spiro atoms. The van der Waals surface area contributed by atoms with Gasteiger partial charge >= 0.3 is 0 Å². The highest BCUT2D eigenvalue weighted by Gasteiger charge is 2.09. The normalized spacial score (nSPS) is 12.8. The second-order valence-corrected chi connectivity index (χ2v) is 5.24. The van der Waals surface area contributed by atoms with E-state index in [1.54, 1.807) is 6.92 Å². The number of carboxylic acid groups (broad SMARTS) is 1. The maximum Gasteiger partial charge on any atom is 0.200 e. The molecule has 13 heavy (non-hydrogen) atoms. The average molecular weight is 235 g/mol. The van der Waals surface area contributed by atoms with Gasteiger partial charge in [0.05, 0.1) is 5.97 Å². The van der Waals surface area contributed by atoms with Gasteiger partial charge in [-0.3, -0.25) is 0 Å². The molecule has 4 nitrogen and oxygen atoms in total. The Balaban J connectivity index is 2.58. The van der Waals surface area contributed by atoms with Crippen LogP contribution in [0.1, 0.15) is 6.92 Å². The standard InChI is InChI=1S/C6H8N2O2S3/c1-3(4(9)10)12-6-7-5(11-2)8-13-6/h3H,1-2H3,(H,9,10)/p-1/t3-/m1/s1. The number of carboxylic acids is 1. The van der Waals surface area contributed by atoms with E-state index in [4.69, 9.17) is 0 Å². The summed E-state index contributed by atoms with van der Waals surface area (Å²) in [4.78, 5) is 14.5. The largest absolute Gasteiger partial charge is 0.549 e. The number of thioether (sulfide) groups is 2. The van der Waals surface area contributed by atoms with Gasteiger partial charge in [-0.15, -0.1) is 0 Å². The van der Waals surface area contributed by atoms with Gasteiger partial charge in [0.1, 0.15) is 0 Å². The van der Waals surface area contributed by atoms with Gasteiger partial charge in [0.15, 0.2) is 4.34 Å². The van der Waals surface area contributed by atoms with Crippen molar-refractivity contribution in [1.82, 2.24) is 9.36 Å². The Morgan fingerprint density at radius 3 is 2.85 bits per heavy atom. The first-order valence-corrected chi connectivity index (χ1v) is 6.26. The third kappa shape index (κ3) is 3.17. The van der Waals surface area contributed by atoms with E-state index in [-0.39, 0.29) is 0 Å². The minimum atomic E-state index is -1.08. The lowest BCUT2D eigenvalue weighted by molar-refractivity contribution is -0.304. The molecule has 0 fully saturated rings. The monoisotopic (exact) mass is 235 g/mol. The number of hydrogen-bond acceptors (Lipinski definition) is 7. The van der Waals surface area contributed by atoms with Gasteiger partial charge in [0.2, 0.25) is 5.16 Å². The molecule has 1 heterocycles. The van der Waals surface area contributed by atoms with E-state index in [0.717, 1.165) is 11.8 Å². The summed E-state index contributed by atoms with van der Waals surface area (Å²) in [6.45, 7) is 1.57. The zero-order valence-electron chi connectivity index (χ0n) is 7.01. The maximum atomic E-state index is 10.4. The van der Waals surface area contributed by atoms with Crippen LogP contribution >= 0.6 is 35.1 Å². The van der Waals surface area contributed by atoms with Crippen LogP contribution in [0.3, 0.4) is 0 Å². The van der Waals surface area contributed by atoms with E-state index in [2.05, 4.69) is 9.36 Å². The summed E-state index contributed by atoms with van der Waals surface area (Å²) < 4.78 is 4.67. The molecular weight excluding hydrogens is 228 g/mol. The van der Waals surface area contributed by atoms with Crippen molar-refractivity contribution in [2.75, 3.05) is 6.26 Å². The Morgan fingerprint density at radius 2 is 2.38 bits per heavy atom. The van der Waals surface area contributed by atoms with Crippen molar-refractivity contribution in [3.8, 4) is 0 Å². The van der Waals surface area contributed by atoms with Crippen LogP contribution in [-0.4, -0.2) is 26.8 Å². The molecule has 0 aliphatic heterocycles. The summed E-state index contributed by atoms with van der Waals surface area (Å²) in [5, 5.41) is 10.5. The minimum Gasteiger partial charge on any atom is -0.549 e. The number of rotatable bonds is 4. The van der Waals surface area contributed by atoms with Crippen LogP contribution < -0.4 is 5.11 Å². The molecule has 1 aromatic heterocycles. The van der Waals surface area contributed by atoms with E-state index in [0.29, 0.717) is 9.50 Å². The van der Waals surface area contributed by atoms with Gasteiger partial charge in [-0.05, 0) is 24.7 Å². The lowest BCUT2D eigenvalue weighted by Crippen LogP contribution is -2.31. The molecule has 0 aliphatic carbocycles. The van der Waals surface area contributed by atoms with Crippen molar-refractivity contribution in [2.24, 2.45) is 0 Å². The Hall–Kier alpha value is -0.270. The molecule has 0 unspecified atom stereocenters. The Labute approximate surface area is 88.3 Å². The number of carbonyl (C=O) groups excluding carboxylic acids is 1. The summed E-state index contributed by atoms with van der Waals surface area (Å²) in [5.74, 6) is -1.08. The summed E-state index contributed by atoms with van der Waals surface area (Å²) in [6.07, 6.45) is 1.87. The molecule has 0 saturated carbocycles. The van der Waals surface area contributed by atoms with Crippen LogP contribution in [0.15, 0.2) is 9.50 Å². The molecule has 0 aliphatic rings. The fraction of sp³-hybridized carbons (Fsp3) is 0.500. The molecule has 0 saturated heterocycles. The quantitative estimate of drug-likeness (QED) is 0.708. The highest BCUT2D eigenvalue weighted by molar-refractivity contribution is 8.02. The zero-order chi connectivity index (χ0) is 9.84. The molecule has 0 aromatic carbocycles. The van der Waals surface area contributed by atoms with Gasteiger partial charge < -0.3 is 9.90 Å². The van der Waals surface area contributed by atoms with Crippen molar-refractivity contribution in [2.45, 2.75) is 21.7 Å². The molecule has 0 N–H and O–H groups in total. The third-order valence-corrected chi connectivity index (χ3v) is 3.71. The fourth-order valence-corrected chi connectivity index (χ4v) is 2.81. The third-order valence-electron chi connectivity index (χ3n) is 1.18. The van der Waals surface area contributed by atoms with E-state index >= 15 is 0 Å². The summed E-state index contributed by atoms with van der Waals surface area (Å²) in [6, 6.07) is 0. The highest BCUT2D eigenvalue weighted by atomic mass is 32.2. The lowest BCUT2D eigenvalue weighted by Gasteiger charge is -2.08. The van der Waals surface area contributed by atoms with E-state index in [9.17, 15) is 9.90 Å². The van der Waals surface area contributed by atoms with Gasteiger partial charge in [-0.25, -0.2) is 4.98 Å². The first-order chi connectivity index (χ1) is 6.13. The Morgan fingerprint density at radius 1 is 1.69 bits per heavy atom. The van der Waals surface area contributed by atoms with Crippen LogP contribution in [-0.2, 0) is 4.79 Å². The molecule has 0 radical (unpaired) electrons. The minimum absolute atomic E-state index is 0.581. The fourth-order valence-electron chi connectivity index (χ4n) is 0.527. The zero-order valence-corrected chi connectivity index (χ0v) is 9.46. The SMILES string of the molecule is CSc1nsc(S[C@H](C)C(=O)[O-])n1. The van der Waals surface area contributed by atoms with Crippen LogP contribution in [0.4, 0.5) is 0 Å². The molecule has 72 valence electrons. The van der Waals surface area contributed by atoms with Crippen LogP contribution in [0.25, 0.3) is 0 Å². The van der Waals surface area contributed by atoms with Crippen LogP contribution in [0.2, 0.25) is 0 Å². The second kappa shape index (κ2) is 4.83. The summed E-state index contributed by atoms with van der Waals surface area (Å²) in [5.41, 5.74) is 0. The molecular formula is C6H7N2O2S3-. The van der Waals surface area contributed by atoms with Crippen molar-refractivity contribution in [3.63, 3.8) is 0 Å². The molecule has 7 heteroatoms. The maximum absolute atomic E-state index is 10.4. The predicted molar refractivity (Wildman–Crippen MR) is 52.0 cm³/mol. The van der Waals surface area contributed by atoms with Crippen molar-refractivity contribution >= 4 is 41.0 Å². The van der Waals surface area contributed by atoms with Gasteiger partial charge in [-0.2, -0.15) is 4.37 Å². The van der Waals surface area contributed by atoms with Gasteiger partial charge in [-0.1, -0.05) is 23.5 Å². The summed E-state index contributed by atoms with van der Waals surface area (Å²) in [7, 11) is 0. The number of aromatic nitrogens is 2. The predicted octanol–water partition coefficient (Wildman–Crippen LogP) is 0.490. The smallest absolute Gasteiger partial charge is 0.200 e. The average Bonchev–Trinajstić information content (AvgIpc) is 2.52. The molecule has 1 rings (SSSR count).